The molecule has 146 valence electrons. The fourth-order valence-corrected chi connectivity index (χ4v) is 4.31. The van der Waals surface area contributed by atoms with Crippen molar-refractivity contribution in [2.45, 2.75) is 78.1 Å². The Kier molecular flexibility index (Phi) is 7.04. The maximum absolute atomic E-state index is 14.2. The van der Waals surface area contributed by atoms with E-state index in [1.54, 1.807) is 0 Å². The summed E-state index contributed by atoms with van der Waals surface area (Å²) in [4.78, 5) is 0. The minimum absolute atomic E-state index is 0.268. The molecule has 1 unspecified atom stereocenters. The normalized spacial score (nSPS) is 16.4. The van der Waals surface area contributed by atoms with Crippen molar-refractivity contribution in [3.05, 3.63) is 69.8 Å². The Morgan fingerprint density at radius 2 is 1.67 bits per heavy atom. The SMILES string of the molecule is CCCCCc1ccc2c(c1)CCC(CCc1c(F)cc(CC)cc1F)C2. The van der Waals surface area contributed by atoms with Crippen molar-refractivity contribution < 1.29 is 8.78 Å². The van der Waals surface area contributed by atoms with Crippen LogP contribution in [0.5, 0.6) is 0 Å². The maximum atomic E-state index is 14.2. The summed E-state index contributed by atoms with van der Waals surface area (Å²) in [6, 6.07) is 9.95. The summed E-state index contributed by atoms with van der Waals surface area (Å²) in [7, 11) is 0. The molecule has 3 rings (SSSR count). The molecule has 0 radical (unpaired) electrons. The largest absolute Gasteiger partial charge is 0.207 e. The van der Waals surface area contributed by atoms with Gasteiger partial charge in [0.2, 0.25) is 0 Å². The molecule has 0 saturated carbocycles. The molecule has 0 amide bonds. The van der Waals surface area contributed by atoms with Crippen LogP contribution in [0.1, 0.15) is 73.8 Å². The molecule has 2 aromatic carbocycles. The fourth-order valence-electron chi connectivity index (χ4n) is 4.31. The molecule has 0 saturated heterocycles. The Morgan fingerprint density at radius 3 is 2.37 bits per heavy atom. The molecule has 0 spiro atoms. The first-order chi connectivity index (χ1) is 13.1. The standard InChI is InChI=1S/C25H32F2/c1-3-5-6-7-19-8-11-22-15-20(9-12-21(22)14-19)10-13-23-24(26)16-18(4-2)17-25(23)27/h8,11,14,16-17,20H,3-7,9-10,12-13,15H2,1-2H3. The first-order valence-corrected chi connectivity index (χ1v) is 10.7. The van der Waals surface area contributed by atoms with E-state index in [0.717, 1.165) is 31.2 Å². The third kappa shape index (κ3) is 5.18. The fraction of sp³-hybridized carbons (Fsp3) is 0.520. The van der Waals surface area contributed by atoms with E-state index >= 15 is 0 Å². The van der Waals surface area contributed by atoms with E-state index in [9.17, 15) is 8.78 Å². The third-order valence-corrected chi connectivity index (χ3v) is 6.08. The molecule has 0 bridgehead atoms. The van der Waals surface area contributed by atoms with Gasteiger partial charge in [-0.3, -0.25) is 0 Å². The summed E-state index contributed by atoms with van der Waals surface area (Å²) in [5, 5.41) is 0. The number of benzene rings is 2. The number of rotatable bonds is 8. The van der Waals surface area contributed by atoms with Crippen molar-refractivity contribution in [1.29, 1.82) is 0 Å². The smallest absolute Gasteiger partial charge is 0.129 e. The van der Waals surface area contributed by atoms with Crippen molar-refractivity contribution in [2.24, 2.45) is 5.92 Å². The topological polar surface area (TPSA) is 0 Å². The Bertz CT molecular complexity index is 740. The van der Waals surface area contributed by atoms with E-state index < -0.39 is 0 Å². The molecule has 2 heteroatoms. The molecule has 27 heavy (non-hydrogen) atoms. The lowest BCUT2D eigenvalue weighted by Gasteiger charge is -2.25. The first-order valence-electron chi connectivity index (χ1n) is 10.7. The van der Waals surface area contributed by atoms with Gasteiger partial charge < -0.3 is 0 Å². The van der Waals surface area contributed by atoms with E-state index in [4.69, 9.17) is 0 Å². The van der Waals surface area contributed by atoms with E-state index in [0.29, 0.717) is 18.8 Å². The highest BCUT2D eigenvalue weighted by Gasteiger charge is 2.20. The first kappa shape index (κ1) is 20.0. The van der Waals surface area contributed by atoms with Crippen LogP contribution < -0.4 is 0 Å². The quantitative estimate of drug-likeness (QED) is 0.439. The van der Waals surface area contributed by atoms with Crippen LogP contribution in [0.3, 0.4) is 0 Å². The third-order valence-electron chi connectivity index (χ3n) is 6.08. The van der Waals surface area contributed by atoms with Crippen LogP contribution in [0.4, 0.5) is 8.78 Å². The second-order valence-electron chi connectivity index (χ2n) is 8.10. The summed E-state index contributed by atoms with van der Waals surface area (Å²) in [6.07, 6.45) is 10.3. The zero-order valence-electron chi connectivity index (χ0n) is 16.8. The van der Waals surface area contributed by atoms with Gasteiger partial charge in [-0.15, -0.1) is 0 Å². The molecule has 0 aromatic heterocycles. The Morgan fingerprint density at radius 1 is 0.889 bits per heavy atom. The highest BCUT2D eigenvalue weighted by molar-refractivity contribution is 5.34. The van der Waals surface area contributed by atoms with Crippen LogP contribution in [-0.2, 0) is 32.1 Å². The van der Waals surface area contributed by atoms with E-state index in [-0.39, 0.29) is 17.2 Å². The minimum Gasteiger partial charge on any atom is -0.207 e. The summed E-state index contributed by atoms with van der Waals surface area (Å²) in [5.41, 5.74) is 5.39. The summed E-state index contributed by atoms with van der Waals surface area (Å²) in [5.74, 6) is -0.229. The van der Waals surface area contributed by atoms with Crippen LogP contribution in [0.2, 0.25) is 0 Å². The van der Waals surface area contributed by atoms with Crippen LogP contribution >= 0.6 is 0 Å². The summed E-state index contributed by atoms with van der Waals surface area (Å²) >= 11 is 0. The molecule has 1 aliphatic carbocycles. The molecular weight excluding hydrogens is 338 g/mol. The summed E-state index contributed by atoms with van der Waals surface area (Å²) < 4.78 is 28.4. The van der Waals surface area contributed by atoms with E-state index in [1.165, 1.54) is 54.5 Å². The van der Waals surface area contributed by atoms with E-state index in [1.807, 2.05) is 6.92 Å². The second kappa shape index (κ2) is 9.48. The summed E-state index contributed by atoms with van der Waals surface area (Å²) in [6.45, 7) is 4.16. The number of hydrogen-bond acceptors (Lipinski definition) is 0. The van der Waals surface area contributed by atoms with Gasteiger partial charge >= 0.3 is 0 Å². The number of unbranched alkanes of at least 4 members (excludes halogenated alkanes) is 2. The van der Waals surface area contributed by atoms with Crippen molar-refractivity contribution in [1.82, 2.24) is 0 Å². The zero-order valence-corrected chi connectivity index (χ0v) is 16.8. The molecular formula is C25H32F2. The molecule has 1 aliphatic rings. The van der Waals surface area contributed by atoms with Gasteiger partial charge in [0.1, 0.15) is 11.6 Å². The Hall–Kier alpha value is -1.70. The lowest BCUT2D eigenvalue weighted by Crippen LogP contribution is -2.16. The average molecular weight is 371 g/mol. The molecule has 2 aromatic rings. The van der Waals surface area contributed by atoms with Gasteiger partial charge in [0.25, 0.3) is 0 Å². The Labute approximate surface area is 163 Å². The highest BCUT2D eigenvalue weighted by Crippen LogP contribution is 2.30. The average Bonchev–Trinajstić information content (AvgIpc) is 2.67. The predicted octanol–water partition coefficient (Wildman–Crippen LogP) is 7.00. The van der Waals surface area contributed by atoms with Crippen LogP contribution in [0.25, 0.3) is 0 Å². The van der Waals surface area contributed by atoms with Crippen LogP contribution in [0.15, 0.2) is 30.3 Å². The van der Waals surface area contributed by atoms with Crippen molar-refractivity contribution >= 4 is 0 Å². The van der Waals surface area contributed by atoms with Gasteiger partial charge in [0, 0.05) is 5.56 Å². The van der Waals surface area contributed by atoms with Crippen LogP contribution in [0, 0.1) is 17.6 Å². The highest BCUT2D eigenvalue weighted by atomic mass is 19.1. The number of hydrogen-bond donors (Lipinski definition) is 0. The number of fused-ring (bicyclic) bond motifs is 1. The van der Waals surface area contributed by atoms with Gasteiger partial charge in [0.05, 0.1) is 0 Å². The molecule has 0 heterocycles. The molecule has 0 fully saturated rings. The molecule has 0 nitrogen and oxygen atoms in total. The van der Waals surface area contributed by atoms with Crippen molar-refractivity contribution in [2.75, 3.05) is 0 Å². The van der Waals surface area contributed by atoms with Gasteiger partial charge in [-0.1, -0.05) is 44.9 Å². The van der Waals surface area contributed by atoms with Crippen molar-refractivity contribution in [3.8, 4) is 0 Å². The van der Waals surface area contributed by atoms with Crippen LogP contribution in [-0.4, -0.2) is 0 Å². The molecule has 1 atom stereocenters. The van der Waals surface area contributed by atoms with Crippen molar-refractivity contribution in [3.63, 3.8) is 0 Å². The number of aryl methyl sites for hydroxylation is 3. The van der Waals surface area contributed by atoms with Gasteiger partial charge in [-0.2, -0.15) is 0 Å². The second-order valence-corrected chi connectivity index (χ2v) is 8.10. The van der Waals surface area contributed by atoms with Gasteiger partial charge in [-0.25, -0.2) is 8.78 Å². The predicted molar refractivity (Wildman–Crippen MR) is 109 cm³/mol. The Balaban J connectivity index is 1.59. The molecule has 0 aliphatic heterocycles. The monoisotopic (exact) mass is 370 g/mol. The minimum atomic E-state index is -0.375. The molecule has 0 N–H and O–H groups in total. The van der Waals surface area contributed by atoms with Gasteiger partial charge in [-0.05, 0) is 91.7 Å². The lowest BCUT2D eigenvalue weighted by molar-refractivity contribution is 0.418. The lowest BCUT2D eigenvalue weighted by atomic mass is 9.80. The van der Waals surface area contributed by atoms with Gasteiger partial charge in [0.15, 0.2) is 0 Å². The number of halogens is 2. The van der Waals surface area contributed by atoms with E-state index in [2.05, 4.69) is 25.1 Å². The zero-order chi connectivity index (χ0) is 19.2. The maximum Gasteiger partial charge on any atom is 0.129 e.